The molecule has 0 aliphatic carbocycles. The van der Waals surface area contributed by atoms with Gasteiger partial charge in [-0.15, -0.1) is 0 Å². The van der Waals surface area contributed by atoms with E-state index >= 15 is 0 Å². The van der Waals surface area contributed by atoms with Crippen LogP contribution >= 0.6 is 0 Å². The van der Waals surface area contributed by atoms with Gasteiger partial charge >= 0.3 is 0 Å². The fourth-order valence-electron chi connectivity index (χ4n) is 2.48. The highest BCUT2D eigenvalue weighted by atomic mass is 19.1. The van der Waals surface area contributed by atoms with Crippen LogP contribution in [0, 0.1) is 11.7 Å². The number of nitrogens with one attached hydrogen (secondary N) is 1. The third kappa shape index (κ3) is 1.93. The Balaban J connectivity index is 1.96. The summed E-state index contributed by atoms with van der Waals surface area (Å²) in [6.45, 7) is 1.29. The molecule has 1 N–H and O–H groups in total. The lowest BCUT2D eigenvalue weighted by atomic mass is 9.91. The second-order valence-corrected chi connectivity index (χ2v) is 4.64. The van der Waals surface area contributed by atoms with Crippen LogP contribution in [0.25, 0.3) is 10.9 Å². The molecule has 1 aliphatic heterocycles. The lowest BCUT2D eigenvalue weighted by Crippen LogP contribution is -2.23. The molecule has 1 fully saturated rings. The van der Waals surface area contributed by atoms with Crippen LogP contribution in [0.1, 0.15) is 23.2 Å². The van der Waals surface area contributed by atoms with Crippen LogP contribution in [0.5, 0.6) is 0 Å². The average molecular weight is 247 g/mol. The lowest BCUT2D eigenvalue weighted by molar-refractivity contribution is 0.0546. The molecule has 2 heterocycles. The molecule has 0 radical (unpaired) electrons. The molecule has 3 nitrogen and oxygen atoms in total. The molecule has 1 aliphatic rings. The van der Waals surface area contributed by atoms with E-state index in [1.807, 2.05) is 0 Å². The molecule has 4 heteroatoms. The number of hydrogen-bond acceptors (Lipinski definition) is 2. The minimum Gasteiger partial charge on any atom is -0.381 e. The third-order valence-electron chi connectivity index (χ3n) is 3.50. The van der Waals surface area contributed by atoms with Crippen LogP contribution in [-0.2, 0) is 4.74 Å². The summed E-state index contributed by atoms with van der Waals surface area (Å²) in [7, 11) is 0. The van der Waals surface area contributed by atoms with E-state index in [1.54, 1.807) is 12.3 Å². The fourth-order valence-corrected chi connectivity index (χ4v) is 2.48. The zero-order valence-electron chi connectivity index (χ0n) is 9.91. The molecule has 18 heavy (non-hydrogen) atoms. The summed E-state index contributed by atoms with van der Waals surface area (Å²) in [5.41, 5.74) is 1.34. The van der Waals surface area contributed by atoms with Gasteiger partial charge < -0.3 is 9.72 Å². The lowest BCUT2D eigenvalue weighted by Gasteiger charge is -2.20. The minimum absolute atomic E-state index is 0.0304. The Labute approximate surface area is 104 Å². The van der Waals surface area contributed by atoms with Crippen molar-refractivity contribution >= 4 is 16.7 Å². The Bertz CT molecular complexity index is 584. The van der Waals surface area contributed by atoms with Crippen molar-refractivity contribution in [1.82, 2.24) is 4.98 Å². The summed E-state index contributed by atoms with van der Waals surface area (Å²) in [6, 6.07) is 4.46. The summed E-state index contributed by atoms with van der Waals surface area (Å²) in [6.07, 6.45) is 3.22. The number of hydrogen-bond donors (Lipinski definition) is 1. The summed E-state index contributed by atoms with van der Waals surface area (Å²) in [5, 5.41) is 0.799. The van der Waals surface area contributed by atoms with Crippen molar-refractivity contribution in [2.75, 3.05) is 13.2 Å². The Morgan fingerprint density at radius 2 is 2.11 bits per heavy atom. The molecule has 1 aromatic carbocycles. The molecule has 0 spiro atoms. The number of Topliss-reactive ketones (excluding diaryl/α,β-unsaturated/α-hetero) is 1. The normalized spacial score (nSPS) is 17.2. The maximum atomic E-state index is 13.1. The Morgan fingerprint density at radius 3 is 2.89 bits per heavy atom. The molecule has 1 saturated heterocycles. The predicted octanol–water partition coefficient (Wildman–Crippen LogP) is 2.92. The largest absolute Gasteiger partial charge is 0.381 e. The first kappa shape index (κ1) is 11.4. The first-order valence-electron chi connectivity index (χ1n) is 6.14. The van der Waals surface area contributed by atoms with E-state index in [9.17, 15) is 9.18 Å². The van der Waals surface area contributed by atoms with Gasteiger partial charge in [0.1, 0.15) is 5.82 Å². The number of fused-ring (bicyclic) bond motifs is 1. The van der Waals surface area contributed by atoms with Gasteiger partial charge in [-0.05, 0) is 31.0 Å². The molecule has 3 rings (SSSR count). The van der Waals surface area contributed by atoms with E-state index in [1.165, 1.54) is 12.1 Å². The summed E-state index contributed by atoms with van der Waals surface area (Å²) in [4.78, 5) is 15.3. The summed E-state index contributed by atoms with van der Waals surface area (Å²) in [5.74, 6) is -0.131. The number of halogens is 1. The number of carbonyl (C=O) groups is 1. The summed E-state index contributed by atoms with van der Waals surface area (Å²) >= 11 is 0. The smallest absolute Gasteiger partial charge is 0.168 e. The van der Waals surface area contributed by atoms with E-state index in [0.29, 0.717) is 24.3 Å². The highest BCUT2D eigenvalue weighted by molar-refractivity contribution is 6.08. The quantitative estimate of drug-likeness (QED) is 0.829. The highest BCUT2D eigenvalue weighted by Gasteiger charge is 2.24. The third-order valence-corrected chi connectivity index (χ3v) is 3.50. The Morgan fingerprint density at radius 1 is 1.33 bits per heavy atom. The van der Waals surface area contributed by atoms with Gasteiger partial charge in [0.25, 0.3) is 0 Å². The highest BCUT2D eigenvalue weighted by Crippen LogP contribution is 2.25. The molecule has 0 amide bonds. The van der Waals surface area contributed by atoms with Crippen LogP contribution in [0.2, 0.25) is 0 Å². The number of aromatic amines is 1. The Kier molecular flexibility index (Phi) is 2.88. The molecule has 0 unspecified atom stereocenters. The number of benzene rings is 1. The van der Waals surface area contributed by atoms with Crippen molar-refractivity contribution in [3.05, 3.63) is 35.8 Å². The maximum absolute atomic E-state index is 13.1. The number of ketones is 1. The van der Waals surface area contributed by atoms with Crippen molar-refractivity contribution in [1.29, 1.82) is 0 Å². The van der Waals surface area contributed by atoms with Crippen LogP contribution in [0.3, 0.4) is 0 Å². The standard InChI is InChI=1S/C14H14FNO2/c15-10-1-2-11-12(8-16-13(11)7-10)14(17)9-3-5-18-6-4-9/h1-2,7-9,16H,3-6H2. The van der Waals surface area contributed by atoms with Crippen molar-refractivity contribution in [2.45, 2.75) is 12.8 Å². The van der Waals surface area contributed by atoms with E-state index in [-0.39, 0.29) is 17.5 Å². The van der Waals surface area contributed by atoms with Crippen molar-refractivity contribution in [3.63, 3.8) is 0 Å². The Hall–Kier alpha value is -1.68. The number of aromatic nitrogens is 1. The predicted molar refractivity (Wildman–Crippen MR) is 66.1 cm³/mol. The molecule has 0 saturated carbocycles. The molecule has 0 atom stereocenters. The van der Waals surface area contributed by atoms with Crippen LogP contribution in [0.15, 0.2) is 24.4 Å². The second-order valence-electron chi connectivity index (χ2n) is 4.64. The number of ether oxygens (including phenoxy) is 1. The number of carbonyl (C=O) groups excluding carboxylic acids is 1. The average Bonchev–Trinajstić information content (AvgIpc) is 2.81. The zero-order valence-corrected chi connectivity index (χ0v) is 9.91. The fraction of sp³-hybridized carbons (Fsp3) is 0.357. The molecular formula is C14H14FNO2. The van der Waals surface area contributed by atoms with Gasteiger partial charge in [0, 0.05) is 41.8 Å². The topological polar surface area (TPSA) is 42.1 Å². The second kappa shape index (κ2) is 4.53. The maximum Gasteiger partial charge on any atom is 0.168 e. The van der Waals surface area contributed by atoms with E-state index in [2.05, 4.69) is 4.98 Å². The molecule has 1 aromatic heterocycles. The first-order chi connectivity index (χ1) is 8.75. The van der Waals surface area contributed by atoms with Gasteiger partial charge in [0.05, 0.1) is 0 Å². The minimum atomic E-state index is -0.297. The SMILES string of the molecule is O=C(c1c[nH]c2cc(F)ccc12)C1CCOCC1. The van der Waals surface area contributed by atoms with E-state index in [0.717, 1.165) is 18.2 Å². The van der Waals surface area contributed by atoms with E-state index in [4.69, 9.17) is 4.74 Å². The van der Waals surface area contributed by atoms with Gasteiger partial charge in [-0.1, -0.05) is 0 Å². The number of rotatable bonds is 2. The first-order valence-corrected chi connectivity index (χ1v) is 6.14. The van der Waals surface area contributed by atoms with Gasteiger partial charge in [-0.2, -0.15) is 0 Å². The van der Waals surface area contributed by atoms with Gasteiger partial charge in [0.15, 0.2) is 5.78 Å². The van der Waals surface area contributed by atoms with Gasteiger partial charge in [0.2, 0.25) is 0 Å². The molecule has 94 valence electrons. The van der Waals surface area contributed by atoms with Crippen molar-refractivity contribution in [2.24, 2.45) is 5.92 Å². The molecule has 0 bridgehead atoms. The van der Waals surface area contributed by atoms with Crippen LogP contribution in [-0.4, -0.2) is 24.0 Å². The van der Waals surface area contributed by atoms with E-state index < -0.39 is 0 Å². The molecule has 2 aromatic rings. The van der Waals surface area contributed by atoms with Gasteiger partial charge in [-0.25, -0.2) is 4.39 Å². The zero-order chi connectivity index (χ0) is 12.5. The van der Waals surface area contributed by atoms with Crippen LogP contribution in [0.4, 0.5) is 4.39 Å². The summed E-state index contributed by atoms with van der Waals surface area (Å²) < 4.78 is 18.3. The van der Waals surface area contributed by atoms with Crippen molar-refractivity contribution < 1.29 is 13.9 Å². The van der Waals surface area contributed by atoms with Crippen molar-refractivity contribution in [3.8, 4) is 0 Å². The monoisotopic (exact) mass is 247 g/mol. The van der Waals surface area contributed by atoms with Gasteiger partial charge in [-0.3, -0.25) is 4.79 Å². The number of H-pyrrole nitrogens is 1. The van der Waals surface area contributed by atoms with Crippen LogP contribution < -0.4 is 0 Å². The molecular weight excluding hydrogens is 233 g/mol.